The summed E-state index contributed by atoms with van der Waals surface area (Å²) in [5.74, 6) is 0.353. The molecule has 0 aliphatic rings. The zero-order valence-electron chi connectivity index (χ0n) is 13.6. The van der Waals surface area contributed by atoms with Crippen molar-refractivity contribution in [3.8, 4) is 0 Å². The summed E-state index contributed by atoms with van der Waals surface area (Å²) in [6.45, 7) is 11.3. The van der Waals surface area contributed by atoms with Gasteiger partial charge in [0, 0.05) is 18.1 Å². The minimum Gasteiger partial charge on any atom is -0.390 e. The van der Waals surface area contributed by atoms with Gasteiger partial charge in [0.2, 0.25) is 5.91 Å². The molecule has 21 heavy (non-hydrogen) atoms. The molecule has 0 saturated heterocycles. The van der Waals surface area contributed by atoms with E-state index in [1.54, 1.807) is 12.4 Å². The van der Waals surface area contributed by atoms with Crippen molar-refractivity contribution in [1.82, 2.24) is 9.97 Å². The number of oxime groups is 1. The van der Waals surface area contributed by atoms with Gasteiger partial charge >= 0.3 is 0 Å². The average molecular weight is 292 g/mol. The van der Waals surface area contributed by atoms with E-state index in [4.69, 9.17) is 4.84 Å². The van der Waals surface area contributed by atoms with Gasteiger partial charge in [-0.05, 0) is 20.8 Å². The SMILES string of the molecule is CC(C)(C)ON=CCc1cnc(NC(=O)C(C)(C)C)cn1. The van der Waals surface area contributed by atoms with Crippen LogP contribution in [0, 0.1) is 5.41 Å². The van der Waals surface area contributed by atoms with Gasteiger partial charge in [-0.15, -0.1) is 0 Å². The van der Waals surface area contributed by atoms with Crippen molar-refractivity contribution in [2.75, 3.05) is 5.32 Å². The lowest BCUT2D eigenvalue weighted by atomic mass is 9.96. The predicted octanol–water partition coefficient (Wildman–Crippen LogP) is 2.80. The van der Waals surface area contributed by atoms with Crippen molar-refractivity contribution in [3.63, 3.8) is 0 Å². The van der Waals surface area contributed by atoms with E-state index in [1.807, 2.05) is 41.5 Å². The largest absolute Gasteiger partial charge is 0.390 e. The van der Waals surface area contributed by atoms with Crippen LogP contribution < -0.4 is 5.32 Å². The second-order valence-electron chi connectivity index (χ2n) is 6.79. The molecule has 0 aromatic carbocycles. The Labute approximate surface area is 126 Å². The Morgan fingerprint density at radius 3 is 2.38 bits per heavy atom. The lowest BCUT2D eigenvalue weighted by molar-refractivity contribution is -0.123. The Balaban J connectivity index is 2.53. The van der Waals surface area contributed by atoms with Gasteiger partial charge in [0.1, 0.15) is 5.60 Å². The van der Waals surface area contributed by atoms with E-state index in [0.717, 1.165) is 5.69 Å². The Morgan fingerprint density at radius 1 is 1.24 bits per heavy atom. The zero-order valence-corrected chi connectivity index (χ0v) is 13.6. The van der Waals surface area contributed by atoms with Gasteiger partial charge in [0.25, 0.3) is 0 Å². The molecule has 0 atom stereocenters. The fourth-order valence-electron chi connectivity index (χ4n) is 1.15. The van der Waals surface area contributed by atoms with Crippen molar-refractivity contribution in [1.29, 1.82) is 0 Å². The van der Waals surface area contributed by atoms with E-state index in [1.165, 1.54) is 6.20 Å². The fraction of sp³-hybridized carbons (Fsp3) is 0.600. The van der Waals surface area contributed by atoms with Gasteiger partial charge in [-0.2, -0.15) is 0 Å². The van der Waals surface area contributed by atoms with Crippen LogP contribution in [0.1, 0.15) is 47.2 Å². The van der Waals surface area contributed by atoms with Crippen LogP contribution in [0.15, 0.2) is 17.5 Å². The van der Waals surface area contributed by atoms with Gasteiger partial charge in [0.05, 0.1) is 18.1 Å². The zero-order chi connectivity index (χ0) is 16.1. The summed E-state index contributed by atoms with van der Waals surface area (Å²) >= 11 is 0. The van der Waals surface area contributed by atoms with E-state index in [9.17, 15) is 4.79 Å². The first-order chi connectivity index (χ1) is 9.58. The van der Waals surface area contributed by atoms with Gasteiger partial charge in [0.15, 0.2) is 5.82 Å². The molecule has 0 radical (unpaired) electrons. The molecular weight excluding hydrogens is 268 g/mol. The second-order valence-corrected chi connectivity index (χ2v) is 6.79. The van der Waals surface area contributed by atoms with E-state index in [2.05, 4.69) is 20.4 Å². The summed E-state index contributed by atoms with van der Waals surface area (Å²) in [7, 11) is 0. The van der Waals surface area contributed by atoms with Crippen LogP contribution in [0.5, 0.6) is 0 Å². The summed E-state index contributed by atoms with van der Waals surface area (Å²) < 4.78 is 0. The van der Waals surface area contributed by atoms with E-state index >= 15 is 0 Å². The third-order valence-corrected chi connectivity index (χ3v) is 2.33. The first-order valence-corrected chi connectivity index (χ1v) is 6.90. The Hall–Kier alpha value is -1.98. The summed E-state index contributed by atoms with van der Waals surface area (Å²) in [4.78, 5) is 25.4. The molecule has 1 aromatic rings. The number of anilines is 1. The van der Waals surface area contributed by atoms with E-state index in [-0.39, 0.29) is 11.5 Å². The van der Waals surface area contributed by atoms with Gasteiger partial charge in [-0.3, -0.25) is 9.78 Å². The number of aromatic nitrogens is 2. The molecule has 0 bridgehead atoms. The second kappa shape index (κ2) is 6.65. The average Bonchev–Trinajstić information content (AvgIpc) is 2.34. The van der Waals surface area contributed by atoms with E-state index < -0.39 is 5.41 Å². The summed E-state index contributed by atoms with van der Waals surface area (Å²) in [5, 5.41) is 6.60. The van der Waals surface area contributed by atoms with Crippen molar-refractivity contribution in [2.45, 2.75) is 53.6 Å². The molecule has 6 nitrogen and oxygen atoms in total. The van der Waals surface area contributed by atoms with Crippen LogP contribution in [0.25, 0.3) is 0 Å². The molecule has 0 unspecified atom stereocenters. The number of nitrogens with one attached hydrogen (secondary N) is 1. The van der Waals surface area contributed by atoms with Crippen LogP contribution in [-0.4, -0.2) is 27.7 Å². The smallest absolute Gasteiger partial charge is 0.230 e. The number of nitrogens with zero attached hydrogens (tertiary/aromatic N) is 3. The van der Waals surface area contributed by atoms with Crippen LogP contribution in [0.3, 0.4) is 0 Å². The molecule has 1 amide bonds. The molecule has 0 aliphatic heterocycles. The Bertz CT molecular complexity index is 496. The molecule has 1 heterocycles. The number of amides is 1. The van der Waals surface area contributed by atoms with Crippen molar-refractivity contribution >= 4 is 17.9 Å². The Kier molecular flexibility index (Phi) is 5.41. The van der Waals surface area contributed by atoms with Gasteiger partial charge in [-0.1, -0.05) is 25.9 Å². The van der Waals surface area contributed by atoms with Crippen LogP contribution in [0.4, 0.5) is 5.82 Å². The topological polar surface area (TPSA) is 76.5 Å². The summed E-state index contributed by atoms with van der Waals surface area (Å²) in [5.41, 5.74) is -0.00867. The molecule has 6 heteroatoms. The maximum absolute atomic E-state index is 11.8. The summed E-state index contributed by atoms with van der Waals surface area (Å²) in [6, 6.07) is 0. The maximum atomic E-state index is 11.8. The van der Waals surface area contributed by atoms with Crippen molar-refractivity contribution in [2.24, 2.45) is 10.6 Å². The predicted molar refractivity (Wildman–Crippen MR) is 83.2 cm³/mol. The highest BCUT2D eigenvalue weighted by Gasteiger charge is 2.21. The molecule has 116 valence electrons. The maximum Gasteiger partial charge on any atom is 0.230 e. The highest BCUT2D eigenvalue weighted by Crippen LogP contribution is 2.15. The minimum absolute atomic E-state index is 0.0929. The highest BCUT2D eigenvalue weighted by molar-refractivity contribution is 5.93. The third kappa shape index (κ3) is 6.83. The number of hydrogen-bond acceptors (Lipinski definition) is 5. The van der Waals surface area contributed by atoms with Gasteiger partial charge in [-0.25, -0.2) is 4.98 Å². The lowest BCUT2D eigenvalue weighted by Gasteiger charge is -2.16. The molecular formula is C15H24N4O2. The molecule has 0 fully saturated rings. The lowest BCUT2D eigenvalue weighted by Crippen LogP contribution is -2.28. The summed E-state index contributed by atoms with van der Waals surface area (Å²) in [6.07, 6.45) is 5.32. The quantitative estimate of drug-likeness (QED) is 0.684. The monoisotopic (exact) mass is 292 g/mol. The van der Waals surface area contributed by atoms with Crippen molar-refractivity contribution in [3.05, 3.63) is 18.1 Å². The number of carbonyl (C=O) groups excluding carboxylic acids is 1. The van der Waals surface area contributed by atoms with Crippen LogP contribution in [0.2, 0.25) is 0 Å². The number of rotatable bonds is 4. The molecule has 1 rings (SSSR count). The third-order valence-electron chi connectivity index (χ3n) is 2.33. The molecule has 0 saturated carbocycles. The number of hydrogen-bond donors (Lipinski definition) is 1. The first kappa shape index (κ1) is 17.1. The molecule has 0 aliphatic carbocycles. The minimum atomic E-state index is -0.461. The molecule has 0 spiro atoms. The molecule has 1 aromatic heterocycles. The first-order valence-electron chi connectivity index (χ1n) is 6.90. The highest BCUT2D eigenvalue weighted by atomic mass is 16.6. The van der Waals surface area contributed by atoms with Crippen molar-refractivity contribution < 1.29 is 9.63 Å². The Morgan fingerprint density at radius 2 is 1.90 bits per heavy atom. The fourth-order valence-corrected chi connectivity index (χ4v) is 1.15. The van der Waals surface area contributed by atoms with Gasteiger partial charge < -0.3 is 10.2 Å². The standard InChI is InChI=1S/C15H24N4O2/c1-14(2,3)13(20)19-12-10-16-11(9-17-12)7-8-18-21-15(4,5)6/h8-10H,7H2,1-6H3,(H,17,19,20). The van der Waals surface area contributed by atoms with Crippen LogP contribution >= 0.6 is 0 Å². The normalized spacial score (nSPS) is 12.5. The van der Waals surface area contributed by atoms with Crippen LogP contribution in [-0.2, 0) is 16.1 Å². The number of carbonyl (C=O) groups is 1. The van der Waals surface area contributed by atoms with E-state index in [0.29, 0.717) is 12.2 Å². The molecule has 1 N–H and O–H groups in total.